The molecule has 43 heavy (non-hydrogen) atoms. The number of nitrogens with one attached hydrogen (secondary N) is 2. The number of ether oxygens (including phenoxy) is 3. The lowest BCUT2D eigenvalue weighted by atomic mass is 10.0. The minimum Gasteiger partial charge on any atom is -0.493 e. The number of para-hydroxylation sites is 1. The molecule has 0 unspecified atom stereocenters. The quantitative estimate of drug-likeness (QED) is 0.320. The molecule has 0 radical (unpaired) electrons. The zero-order chi connectivity index (χ0) is 30.0. The Labute approximate surface area is 255 Å². The van der Waals surface area contributed by atoms with Gasteiger partial charge in [0.2, 0.25) is 5.75 Å². The van der Waals surface area contributed by atoms with Crippen molar-refractivity contribution in [3.05, 3.63) is 66.7 Å². The van der Waals surface area contributed by atoms with Crippen molar-refractivity contribution >= 4 is 17.4 Å². The second-order valence-electron chi connectivity index (χ2n) is 11.2. The van der Waals surface area contributed by atoms with Gasteiger partial charge >= 0.3 is 6.03 Å². The Balaban J connectivity index is 1.00. The summed E-state index contributed by atoms with van der Waals surface area (Å²) in [6.45, 7) is 8.22. The van der Waals surface area contributed by atoms with Gasteiger partial charge in [-0.3, -0.25) is 4.90 Å². The summed E-state index contributed by atoms with van der Waals surface area (Å²) >= 11 is 0. The van der Waals surface area contributed by atoms with Crippen LogP contribution in [0.1, 0.15) is 19.3 Å². The number of carbonyl (C=O) groups excluding carboxylic acids is 1. The molecule has 9 nitrogen and oxygen atoms in total. The molecule has 3 aromatic carbocycles. The molecule has 5 rings (SSSR count). The van der Waals surface area contributed by atoms with E-state index < -0.39 is 0 Å². The number of methoxy groups -OCH3 is 3. The Kier molecular flexibility index (Phi) is 10.6. The van der Waals surface area contributed by atoms with Crippen molar-refractivity contribution in [3.63, 3.8) is 0 Å². The largest absolute Gasteiger partial charge is 0.493 e. The molecule has 2 saturated heterocycles. The molecule has 0 bridgehead atoms. The number of urea groups is 1. The SMILES string of the molecule is COc1cc(N2CCN(CCCN3CCC(NC(=O)Nc4ccccc4-c4ccccc4)CC3)CC2)cc(OC)c1OC. The number of hydrogen-bond donors (Lipinski definition) is 2. The summed E-state index contributed by atoms with van der Waals surface area (Å²) in [5.74, 6) is 2.00. The van der Waals surface area contributed by atoms with Crippen LogP contribution in [0.2, 0.25) is 0 Å². The first kappa shape index (κ1) is 30.5. The van der Waals surface area contributed by atoms with Crippen LogP contribution in [0.4, 0.5) is 16.2 Å². The molecule has 3 aromatic rings. The van der Waals surface area contributed by atoms with Crippen molar-refractivity contribution in [2.45, 2.75) is 25.3 Å². The number of amides is 2. The molecule has 0 atom stereocenters. The number of piperidine rings is 1. The van der Waals surface area contributed by atoms with Crippen LogP contribution in [-0.2, 0) is 0 Å². The molecule has 230 valence electrons. The van der Waals surface area contributed by atoms with Gasteiger partial charge in [0, 0.05) is 68.7 Å². The predicted octanol–water partition coefficient (Wildman–Crippen LogP) is 5.18. The van der Waals surface area contributed by atoms with E-state index in [0.29, 0.717) is 17.2 Å². The molecule has 2 aliphatic heterocycles. The lowest BCUT2D eigenvalue weighted by Crippen LogP contribution is -2.48. The minimum atomic E-state index is -0.132. The average Bonchev–Trinajstić information content (AvgIpc) is 3.05. The maximum Gasteiger partial charge on any atom is 0.319 e. The smallest absolute Gasteiger partial charge is 0.319 e. The highest BCUT2D eigenvalue weighted by molar-refractivity contribution is 5.94. The molecule has 2 amide bonds. The van der Waals surface area contributed by atoms with E-state index in [1.165, 1.54) is 0 Å². The maximum absolute atomic E-state index is 12.8. The molecule has 2 aliphatic rings. The predicted molar refractivity (Wildman–Crippen MR) is 173 cm³/mol. The Morgan fingerprint density at radius 2 is 1.37 bits per heavy atom. The van der Waals surface area contributed by atoms with Gasteiger partial charge in [-0.1, -0.05) is 48.5 Å². The highest BCUT2D eigenvalue weighted by atomic mass is 16.5. The highest BCUT2D eigenvalue weighted by Crippen LogP contribution is 2.41. The fourth-order valence-electron chi connectivity index (χ4n) is 6.10. The van der Waals surface area contributed by atoms with Gasteiger partial charge in [-0.05, 0) is 44.0 Å². The summed E-state index contributed by atoms with van der Waals surface area (Å²) in [5.41, 5.74) is 4.04. The van der Waals surface area contributed by atoms with Gasteiger partial charge in [-0.15, -0.1) is 0 Å². The Morgan fingerprint density at radius 1 is 0.767 bits per heavy atom. The third-order valence-electron chi connectivity index (χ3n) is 8.52. The maximum atomic E-state index is 12.8. The molecule has 2 N–H and O–H groups in total. The number of anilines is 2. The van der Waals surface area contributed by atoms with Crippen LogP contribution in [0.5, 0.6) is 17.2 Å². The van der Waals surface area contributed by atoms with E-state index in [-0.39, 0.29) is 12.1 Å². The third kappa shape index (κ3) is 7.91. The van der Waals surface area contributed by atoms with Crippen molar-refractivity contribution in [1.82, 2.24) is 15.1 Å². The summed E-state index contributed by atoms with van der Waals surface area (Å²) in [6, 6.07) is 22.2. The van der Waals surface area contributed by atoms with Gasteiger partial charge in [-0.25, -0.2) is 4.79 Å². The van der Waals surface area contributed by atoms with E-state index in [4.69, 9.17) is 14.2 Å². The second-order valence-corrected chi connectivity index (χ2v) is 11.2. The number of rotatable bonds is 11. The second kappa shape index (κ2) is 15.0. The first-order valence-corrected chi connectivity index (χ1v) is 15.3. The molecule has 9 heteroatoms. The van der Waals surface area contributed by atoms with Crippen LogP contribution in [0.15, 0.2) is 66.7 Å². The van der Waals surface area contributed by atoms with Crippen LogP contribution in [-0.4, -0.2) is 95.6 Å². The van der Waals surface area contributed by atoms with Gasteiger partial charge < -0.3 is 34.6 Å². The van der Waals surface area contributed by atoms with Gasteiger partial charge in [-0.2, -0.15) is 0 Å². The third-order valence-corrected chi connectivity index (χ3v) is 8.52. The van der Waals surface area contributed by atoms with E-state index in [1.54, 1.807) is 21.3 Å². The summed E-state index contributed by atoms with van der Waals surface area (Å²) in [4.78, 5) is 20.3. The molecular weight excluding hydrogens is 542 g/mol. The van der Waals surface area contributed by atoms with Gasteiger partial charge in [0.05, 0.1) is 27.0 Å². The van der Waals surface area contributed by atoms with Crippen LogP contribution in [0, 0.1) is 0 Å². The molecule has 0 aromatic heterocycles. The number of likely N-dealkylation sites (tertiary alicyclic amines) is 1. The van der Waals surface area contributed by atoms with Crippen LogP contribution in [0.25, 0.3) is 11.1 Å². The Morgan fingerprint density at radius 3 is 2.00 bits per heavy atom. The van der Waals surface area contributed by atoms with Gasteiger partial charge in [0.15, 0.2) is 11.5 Å². The number of benzene rings is 3. The van der Waals surface area contributed by atoms with Gasteiger partial charge in [0.25, 0.3) is 0 Å². The zero-order valence-corrected chi connectivity index (χ0v) is 25.7. The van der Waals surface area contributed by atoms with Crippen LogP contribution < -0.4 is 29.7 Å². The lowest BCUT2D eigenvalue weighted by Gasteiger charge is -2.37. The molecular formula is C34H45N5O4. The van der Waals surface area contributed by atoms with E-state index in [2.05, 4.69) is 37.5 Å². The minimum absolute atomic E-state index is 0.132. The highest BCUT2D eigenvalue weighted by Gasteiger charge is 2.23. The van der Waals surface area contributed by atoms with E-state index in [9.17, 15) is 4.79 Å². The fraction of sp³-hybridized carbons (Fsp3) is 0.441. The number of hydrogen-bond acceptors (Lipinski definition) is 7. The average molecular weight is 588 g/mol. The standard InChI is InChI=1S/C34H45N5O4/c1-41-31-24-28(25-32(42-2)33(31)43-3)39-22-20-38(21-23-39)17-9-16-37-18-14-27(15-19-37)35-34(40)36-30-13-8-7-12-29(30)26-10-5-4-6-11-26/h4-8,10-13,24-25,27H,9,14-23H2,1-3H3,(H2,35,36,40). The van der Waals surface area contributed by atoms with Crippen molar-refractivity contribution in [2.24, 2.45) is 0 Å². The summed E-state index contributed by atoms with van der Waals surface area (Å²) in [7, 11) is 4.94. The van der Waals surface area contributed by atoms with Crippen LogP contribution >= 0.6 is 0 Å². The molecule has 2 fully saturated rings. The van der Waals surface area contributed by atoms with Crippen molar-refractivity contribution in [1.29, 1.82) is 0 Å². The van der Waals surface area contributed by atoms with E-state index in [1.807, 2.05) is 54.6 Å². The Bertz CT molecular complexity index is 1300. The van der Waals surface area contributed by atoms with Crippen molar-refractivity contribution in [3.8, 4) is 28.4 Å². The number of carbonyl (C=O) groups is 1. The monoisotopic (exact) mass is 587 g/mol. The van der Waals surface area contributed by atoms with Crippen molar-refractivity contribution in [2.75, 3.05) is 83.9 Å². The summed E-state index contributed by atoms with van der Waals surface area (Å²) in [5, 5.41) is 6.28. The zero-order valence-electron chi connectivity index (χ0n) is 25.7. The van der Waals surface area contributed by atoms with E-state index in [0.717, 1.165) is 94.1 Å². The topological polar surface area (TPSA) is 78.5 Å². The molecule has 0 saturated carbocycles. The molecule has 0 aliphatic carbocycles. The summed E-state index contributed by atoms with van der Waals surface area (Å²) < 4.78 is 16.6. The number of piperazine rings is 1. The first-order valence-electron chi connectivity index (χ1n) is 15.3. The molecule has 2 heterocycles. The van der Waals surface area contributed by atoms with E-state index >= 15 is 0 Å². The lowest BCUT2D eigenvalue weighted by molar-refractivity contribution is 0.179. The molecule has 0 spiro atoms. The fourth-order valence-corrected chi connectivity index (χ4v) is 6.10. The normalized spacial score (nSPS) is 16.5. The Hall–Kier alpha value is -3.95. The van der Waals surface area contributed by atoms with Crippen LogP contribution in [0.3, 0.4) is 0 Å². The number of nitrogens with zero attached hydrogens (tertiary/aromatic N) is 3. The van der Waals surface area contributed by atoms with Gasteiger partial charge in [0.1, 0.15) is 0 Å². The first-order chi connectivity index (χ1) is 21.1. The van der Waals surface area contributed by atoms with Crippen molar-refractivity contribution < 1.29 is 19.0 Å². The summed E-state index contributed by atoms with van der Waals surface area (Å²) in [6.07, 6.45) is 3.10.